The lowest BCUT2D eigenvalue weighted by molar-refractivity contribution is 0.0997. The standard InChI is InChI=1S/C21H19N5O3/c1-12(2)26-20-17(24-21(26)28)16(18(22)27)23-19(25-20)13-7-6-10-15(11-13)29-14-8-4-3-5-9-14/h3-12H,1-2H3,(H2,22,27)(H,24,28). The number of primary amides is 1. The molecule has 0 bridgehead atoms. The maximum Gasteiger partial charge on any atom is 0.327 e. The zero-order chi connectivity index (χ0) is 20.5. The minimum atomic E-state index is -0.743. The van der Waals surface area contributed by atoms with Gasteiger partial charge >= 0.3 is 5.69 Å². The second kappa shape index (κ2) is 7.23. The van der Waals surface area contributed by atoms with E-state index < -0.39 is 5.91 Å². The van der Waals surface area contributed by atoms with Crippen LogP contribution in [-0.4, -0.2) is 25.4 Å². The van der Waals surface area contributed by atoms with Crippen LogP contribution in [0.5, 0.6) is 11.5 Å². The SMILES string of the molecule is CC(C)n1c(=O)[nH]c2c(C(N)=O)nc(-c3cccc(Oc4ccccc4)c3)nc21. The van der Waals surface area contributed by atoms with E-state index in [1.807, 2.05) is 50.2 Å². The van der Waals surface area contributed by atoms with E-state index in [9.17, 15) is 9.59 Å². The van der Waals surface area contributed by atoms with Gasteiger partial charge < -0.3 is 15.5 Å². The lowest BCUT2D eigenvalue weighted by Gasteiger charge is -2.10. The Balaban J connectivity index is 1.86. The average molecular weight is 389 g/mol. The molecule has 8 nitrogen and oxygen atoms in total. The Morgan fingerprint density at radius 2 is 1.79 bits per heavy atom. The largest absolute Gasteiger partial charge is 0.457 e. The zero-order valence-electron chi connectivity index (χ0n) is 15.9. The van der Waals surface area contributed by atoms with Crippen molar-refractivity contribution in [2.45, 2.75) is 19.9 Å². The van der Waals surface area contributed by atoms with Gasteiger partial charge in [-0.2, -0.15) is 0 Å². The summed E-state index contributed by atoms with van der Waals surface area (Å²) in [4.78, 5) is 35.8. The summed E-state index contributed by atoms with van der Waals surface area (Å²) in [5, 5.41) is 0. The molecule has 0 aliphatic carbocycles. The van der Waals surface area contributed by atoms with Gasteiger partial charge in [0.05, 0.1) is 0 Å². The molecule has 0 unspecified atom stereocenters. The fourth-order valence-corrected chi connectivity index (χ4v) is 3.11. The van der Waals surface area contributed by atoms with Crippen LogP contribution in [0.1, 0.15) is 30.4 Å². The van der Waals surface area contributed by atoms with Crippen molar-refractivity contribution in [1.82, 2.24) is 19.5 Å². The van der Waals surface area contributed by atoms with E-state index in [-0.39, 0.29) is 28.8 Å². The number of nitrogens with two attached hydrogens (primary N) is 1. The highest BCUT2D eigenvalue weighted by Crippen LogP contribution is 2.27. The smallest absolute Gasteiger partial charge is 0.327 e. The molecule has 2 heterocycles. The second-order valence-corrected chi connectivity index (χ2v) is 6.80. The van der Waals surface area contributed by atoms with Crippen molar-refractivity contribution in [2.24, 2.45) is 5.73 Å². The molecule has 146 valence electrons. The molecule has 2 aromatic carbocycles. The Morgan fingerprint density at radius 1 is 1.07 bits per heavy atom. The summed E-state index contributed by atoms with van der Waals surface area (Å²) in [6, 6.07) is 16.4. The molecule has 4 rings (SSSR count). The minimum Gasteiger partial charge on any atom is -0.457 e. The fraction of sp³-hybridized carbons (Fsp3) is 0.143. The summed E-state index contributed by atoms with van der Waals surface area (Å²) in [5.74, 6) is 0.817. The number of nitrogens with one attached hydrogen (secondary N) is 1. The van der Waals surface area contributed by atoms with Crippen LogP contribution >= 0.6 is 0 Å². The van der Waals surface area contributed by atoms with Crippen LogP contribution < -0.4 is 16.2 Å². The number of benzene rings is 2. The van der Waals surface area contributed by atoms with Crippen LogP contribution in [0.15, 0.2) is 59.4 Å². The van der Waals surface area contributed by atoms with E-state index in [0.29, 0.717) is 22.7 Å². The average Bonchev–Trinajstić information content (AvgIpc) is 3.04. The molecule has 0 aliphatic heterocycles. The molecule has 8 heteroatoms. The molecular formula is C21H19N5O3. The zero-order valence-corrected chi connectivity index (χ0v) is 15.9. The molecule has 0 fully saturated rings. The summed E-state index contributed by atoms with van der Waals surface area (Å²) in [7, 11) is 0. The number of hydrogen-bond donors (Lipinski definition) is 2. The number of carbonyl (C=O) groups is 1. The first kappa shape index (κ1) is 18.4. The number of fused-ring (bicyclic) bond motifs is 1. The molecule has 3 N–H and O–H groups in total. The lowest BCUT2D eigenvalue weighted by atomic mass is 10.2. The molecule has 4 aromatic rings. The van der Waals surface area contributed by atoms with Gasteiger partial charge in [-0.1, -0.05) is 30.3 Å². The van der Waals surface area contributed by atoms with Gasteiger partial charge in [0, 0.05) is 11.6 Å². The van der Waals surface area contributed by atoms with Crippen molar-refractivity contribution in [3.8, 4) is 22.9 Å². The number of para-hydroxylation sites is 1. The van der Waals surface area contributed by atoms with Crippen LogP contribution in [0.4, 0.5) is 0 Å². The van der Waals surface area contributed by atoms with Crippen molar-refractivity contribution in [3.63, 3.8) is 0 Å². The minimum absolute atomic E-state index is 0.0316. The number of carbonyl (C=O) groups excluding carboxylic acids is 1. The third-order valence-electron chi connectivity index (χ3n) is 4.39. The highest BCUT2D eigenvalue weighted by Gasteiger charge is 2.20. The first-order chi connectivity index (χ1) is 13.9. The van der Waals surface area contributed by atoms with Crippen molar-refractivity contribution >= 4 is 17.1 Å². The number of ether oxygens (including phenoxy) is 1. The maximum absolute atomic E-state index is 12.3. The van der Waals surface area contributed by atoms with Gasteiger partial charge in [-0.3, -0.25) is 9.36 Å². The number of imidazole rings is 1. The summed E-state index contributed by atoms with van der Waals surface area (Å²) in [6.07, 6.45) is 0. The molecule has 0 aliphatic rings. The Kier molecular flexibility index (Phi) is 4.59. The van der Waals surface area contributed by atoms with E-state index in [4.69, 9.17) is 10.5 Å². The molecule has 2 aromatic heterocycles. The first-order valence-corrected chi connectivity index (χ1v) is 9.09. The number of H-pyrrole nitrogens is 1. The molecule has 0 saturated heterocycles. The van der Waals surface area contributed by atoms with Gasteiger partial charge in [0.1, 0.15) is 17.0 Å². The van der Waals surface area contributed by atoms with Gasteiger partial charge in [0.15, 0.2) is 17.2 Å². The van der Waals surface area contributed by atoms with E-state index in [2.05, 4.69) is 15.0 Å². The van der Waals surface area contributed by atoms with E-state index in [1.165, 1.54) is 4.57 Å². The molecule has 0 saturated carbocycles. The summed E-state index contributed by atoms with van der Waals surface area (Å²) < 4.78 is 7.33. The Morgan fingerprint density at radius 3 is 2.48 bits per heavy atom. The normalized spacial score (nSPS) is 11.1. The third-order valence-corrected chi connectivity index (χ3v) is 4.39. The van der Waals surface area contributed by atoms with Gasteiger partial charge in [-0.05, 0) is 38.1 Å². The van der Waals surface area contributed by atoms with Crippen LogP contribution in [0.3, 0.4) is 0 Å². The molecule has 0 atom stereocenters. The number of rotatable bonds is 5. The highest BCUT2D eigenvalue weighted by molar-refractivity contribution is 6.01. The number of aromatic nitrogens is 4. The predicted octanol–water partition coefficient (Wildman–Crippen LogP) is 3.26. The van der Waals surface area contributed by atoms with E-state index in [0.717, 1.165) is 0 Å². The fourth-order valence-electron chi connectivity index (χ4n) is 3.11. The lowest BCUT2D eigenvalue weighted by Crippen LogP contribution is -2.18. The monoisotopic (exact) mass is 389 g/mol. The second-order valence-electron chi connectivity index (χ2n) is 6.80. The van der Waals surface area contributed by atoms with Gasteiger partial charge in [0.2, 0.25) is 0 Å². The first-order valence-electron chi connectivity index (χ1n) is 9.09. The Hall–Kier alpha value is -3.94. The molecule has 1 amide bonds. The number of aromatic amines is 1. The topological polar surface area (TPSA) is 116 Å². The van der Waals surface area contributed by atoms with Gasteiger partial charge in [-0.25, -0.2) is 14.8 Å². The summed E-state index contributed by atoms with van der Waals surface area (Å²) in [5.41, 5.74) is 6.30. The molecule has 29 heavy (non-hydrogen) atoms. The quantitative estimate of drug-likeness (QED) is 0.543. The molecular weight excluding hydrogens is 370 g/mol. The Bertz CT molecular complexity index is 1260. The van der Waals surface area contributed by atoms with Crippen molar-refractivity contribution < 1.29 is 9.53 Å². The van der Waals surface area contributed by atoms with Gasteiger partial charge in [-0.15, -0.1) is 0 Å². The van der Waals surface area contributed by atoms with Crippen LogP contribution in [0.2, 0.25) is 0 Å². The number of nitrogens with zero attached hydrogens (tertiary/aromatic N) is 3. The van der Waals surface area contributed by atoms with Crippen LogP contribution in [0.25, 0.3) is 22.6 Å². The van der Waals surface area contributed by atoms with E-state index in [1.54, 1.807) is 18.2 Å². The highest BCUT2D eigenvalue weighted by atomic mass is 16.5. The van der Waals surface area contributed by atoms with E-state index >= 15 is 0 Å². The van der Waals surface area contributed by atoms with Gasteiger partial charge in [0.25, 0.3) is 5.91 Å². The Labute approximate surface area is 166 Å². The maximum atomic E-state index is 12.3. The molecule has 0 radical (unpaired) electrons. The van der Waals surface area contributed by atoms with Crippen molar-refractivity contribution in [1.29, 1.82) is 0 Å². The van der Waals surface area contributed by atoms with Crippen LogP contribution in [0, 0.1) is 0 Å². The van der Waals surface area contributed by atoms with Crippen molar-refractivity contribution in [3.05, 3.63) is 70.8 Å². The number of hydrogen-bond acceptors (Lipinski definition) is 5. The number of amides is 1. The third kappa shape index (κ3) is 3.47. The summed E-state index contributed by atoms with van der Waals surface area (Å²) >= 11 is 0. The predicted molar refractivity (Wildman–Crippen MR) is 109 cm³/mol. The summed E-state index contributed by atoms with van der Waals surface area (Å²) in [6.45, 7) is 3.71. The van der Waals surface area contributed by atoms with Crippen molar-refractivity contribution in [2.75, 3.05) is 0 Å². The molecule has 0 spiro atoms. The van der Waals surface area contributed by atoms with Crippen LogP contribution in [-0.2, 0) is 0 Å².